The van der Waals surface area contributed by atoms with E-state index < -0.39 is 5.82 Å². The van der Waals surface area contributed by atoms with Gasteiger partial charge >= 0.3 is 0 Å². The van der Waals surface area contributed by atoms with Crippen LogP contribution in [0.25, 0.3) is 0 Å². The van der Waals surface area contributed by atoms with Crippen LogP contribution in [0.2, 0.25) is 0 Å². The lowest BCUT2D eigenvalue weighted by atomic mass is 10.1. The molecule has 36 heavy (non-hydrogen) atoms. The number of hydrogen-bond donors (Lipinski definition) is 2. The number of aromatic nitrogens is 3. The molecule has 3 aromatic rings. The Labute approximate surface area is 210 Å². The predicted octanol–water partition coefficient (Wildman–Crippen LogP) is 4.33. The highest BCUT2D eigenvalue weighted by Gasteiger charge is 2.21. The van der Waals surface area contributed by atoms with Crippen molar-refractivity contribution < 1.29 is 9.13 Å². The van der Waals surface area contributed by atoms with Crippen molar-refractivity contribution in [2.75, 3.05) is 53.4 Å². The lowest BCUT2D eigenvalue weighted by Crippen LogP contribution is -2.37. The monoisotopic (exact) mass is 490 g/mol. The predicted molar refractivity (Wildman–Crippen MR) is 141 cm³/mol. The summed E-state index contributed by atoms with van der Waals surface area (Å²) >= 11 is 0. The van der Waals surface area contributed by atoms with E-state index in [0.29, 0.717) is 38.0 Å². The maximum Gasteiger partial charge on any atom is 0.245 e. The van der Waals surface area contributed by atoms with Crippen LogP contribution in [0, 0.1) is 12.7 Å². The van der Waals surface area contributed by atoms with Gasteiger partial charge in [0.1, 0.15) is 0 Å². The molecule has 0 bridgehead atoms. The second kappa shape index (κ2) is 10.9. The molecule has 1 unspecified atom stereocenters. The van der Waals surface area contributed by atoms with Gasteiger partial charge < -0.3 is 19.9 Å². The van der Waals surface area contributed by atoms with E-state index >= 15 is 0 Å². The van der Waals surface area contributed by atoms with Crippen molar-refractivity contribution in [1.29, 1.82) is 0 Å². The molecule has 4 heterocycles. The number of morpholine rings is 1. The normalized spacial score (nSPS) is 18.1. The molecule has 2 aliphatic rings. The van der Waals surface area contributed by atoms with Crippen molar-refractivity contribution >= 4 is 35.0 Å². The molecule has 0 spiro atoms. The van der Waals surface area contributed by atoms with Crippen molar-refractivity contribution in [1.82, 2.24) is 15.0 Å². The third-order valence-electron chi connectivity index (χ3n) is 6.42. The fraction of sp³-hybridized carbons (Fsp3) is 0.385. The number of nitrogens with zero attached hydrogens (tertiary/aromatic N) is 6. The highest BCUT2D eigenvalue weighted by Crippen LogP contribution is 2.30. The van der Waals surface area contributed by atoms with Crippen LogP contribution in [0.3, 0.4) is 0 Å². The Morgan fingerprint density at radius 3 is 2.69 bits per heavy atom. The molecular weight excluding hydrogens is 459 g/mol. The van der Waals surface area contributed by atoms with Crippen molar-refractivity contribution in [3.8, 4) is 0 Å². The number of halogens is 1. The molecule has 5 rings (SSSR count). The van der Waals surface area contributed by atoms with E-state index in [-0.39, 0.29) is 11.8 Å². The van der Waals surface area contributed by atoms with Gasteiger partial charge in [-0.05, 0) is 62.6 Å². The number of benzene rings is 1. The fourth-order valence-corrected chi connectivity index (χ4v) is 4.61. The van der Waals surface area contributed by atoms with E-state index in [9.17, 15) is 4.39 Å². The maximum atomic E-state index is 14.2. The minimum absolute atomic E-state index is 0.218. The highest BCUT2D eigenvalue weighted by molar-refractivity contribution is 5.78. The van der Waals surface area contributed by atoms with E-state index in [1.54, 1.807) is 12.4 Å². The molecule has 2 N–H and O–H groups in total. The summed E-state index contributed by atoms with van der Waals surface area (Å²) in [6.45, 7) is 7.77. The average Bonchev–Trinajstić information content (AvgIpc) is 3.32. The van der Waals surface area contributed by atoms with Gasteiger partial charge in [0, 0.05) is 37.1 Å². The lowest BCUT2D eigenvalue weighted by Gasteiger charge is -2.27. The molecule has 10 heteroatoms. The van der Waals surface area contributed by atoms with Crippen molar-refractivity contribution in [3.63, 3.8) is 0 Å². The van der Waals surface area contributed by atoms with Crippen molar-refractivity contribution in [3.05, 3.63) is 59.8 Å². The summed E-state index contributed by atoms with van der Waals surface area (Å²) in [5, 5.41) is 7.62. The van der Waals surface area contributed by atoms with Crippen molar-refractivity contribution in [2.45, 2.75) is 32.7 Å². The largest absolute Gasteiger partial charge is 0.378 e. The van der Waals surface area contributed by atoms with E-state index in [1.165, 1.54) is 24.1 Å². The van der Waals surface area contributed by atoms with Gasteiger partial charge in [0.25, 0.3) is 0 Å². The molecular formula is C26H31FN8O. The maximum absolute atomic E-state index is 14.2. The van der Waals surface area contributed by atoms with E-state index in [1.807, 2.05) is 17.0 Å². The molecule has 2 aromatic heterocycles. The Morgan fingerprint density at radius 1 is 1.08 bits per heavy atom. The van der Waals surface area contributed by atoms with Gasteiger partial charge in [-0.3, -0.25) is 4.98 Å². The number of nitrogens with one attached hydrogen (secondary N) is 2. The number of anilines is 5. The Hall–Kier alpha value is -3.79. The molecule has 2 fully saturated rings. The summed E-state index contributed by atoms with van der Waals surface area (Å²) in [7, 11) is 0. The molecule has 2 saturated heterocycles. The molecule has 0 aliphatic carbocycles. The van der Waals surface area contributed by atoms with Crippen LogP contribution in [0.1, 0.15) is 31.0 Å². The zero-order valence-corrected chi connectivity index (χ0v) is 20.6. The third-order valence-corrected chi connectivity index (χ3v) is 6.42. The number of aryl methyl sites for hydroxylation is 1. The van der Waals surface area contributed by atoms with Gasteiger partial charge in [0.15, 0.2) is 11.6 Å². The SMILES string of the molecule is Cc1cc(Nc2ccc(/C=N/Nc3ncc(F)c(N4CCOCC4)n3)nc2)cc(N2CCCC2C)c1. The molecule has 2 aliphatic heterocycles. The summed E-state index contributed by atoms with van der Waals surface area (Å²) in [6.07, 6.45) is 6.97. The van der Waals surface area contributed by atoms with E-state index in [0.717, 1.165) is 24.1 Å². The minimum Gasteiger partial charge on any atom is -0.378 e. The number of ether oxygens (including phenoxy) is 1. The summed E-state index contributed by atoms with van der Waals surface area (Å²) in [5.41, 5.74) is 7.83. The molecule has 0 saturated carbocycles. The first kappa shape index (κ1) is 23.9. The van der Waals surface area contributed by atoms with Gasteiger partial charge in [-0.25, -0.2) is 14.8 Å². The first-order chi connectivity index (χ1) is 17.5. The second-order valence-corrected chi connectivity index (χ2v) is 9.17. The zero-order valence-electron chi connectivity index (χ0n) is 20.6. The van der Waals surface area contributed by atoms with Crippen LogP contribution in [-0.4, -0.2) is 60.1 Å². The van der Waals surface area contributed by atoms with Crippen LogP contribution in [-0.2, 0) is 4.74 Å². The quantitative estimate of drug-likeness (QED) is 0.374. The van der Waals surface area contributed by atoms with Crippen LogP contribution in [0.4, 0.5) is 33.2 Å². The zero-order chi connectivity index (χ0) is 24.9. The van der Waals surface area contributed by atoms with Crippen LogP contribution in [0.5, 0.6) is 0 Å². The molecule has 188 valence electrons. The number of rotatable bonds is 7. The van der Waals surface area contributed by atoms with Crippen molar-refractivity contribution in [2.24, 2.45) is 5.10 Å². The van der Waals surface area contributed by atoms with Gasteiger partial charge in [-0.2, -0.15) is 10.1 Å². The number of hydrazone groups is 1. The van der Waals surface area contributed by atoms with Gasteiger partial charge in [-0.15, -0.1) is 0 Å². The summed E-state index contributed by atoms with van der Waals surface area (Å²) in [6, 6.07) is 11.0. The van der Waals surface area contributed by atoms with Gasteiger partial charge in [-0.1, -0.05) is 0 Å². The van der Waals surface area contributed by atoms with Crippen LogP contribution < -0.4 is 20.5 Å². The van der Waals surface area contributed by atoms with E-state index in [4.69, 9.17) is 4.74 Å². The van der Waals surface area contributed by atoms with Gasteiger partial charge in [0.05, 0.1) is 43.2 Å². The number of hydrogen-bond acceptors (Lipinski definition) is 9. The number of pyridine rings is 1. The standard InChI is InChI=1S/C26H31FN8O/c1-18-12-22(14-23(13-18)35-7-3-4-19(35)2)31-21-6-5-20(28-15-21)16-30-33-26-29-17-24(27)25(32-26)34-8-10-36-11-9-34/h5-6,12-17,19,31H,3-4,7-11H2,1-2H3,(H,29,32,33)/b30-16+. The summed E-state index contributed by atoms with van der Waals surface area (Å²) in [4.78, 5) is 17.0. The molecule has 1 atom stereocenters. The Balaban J connectivity index is 1.21. The Bertz CT molecular complexity index is 1210. The van der Waals surface area contributed by atoms with Gasteiger partial charge in [0.2, 0.25) is 5.95 Å². The van der Waals surface area contributed by atoms with Crippen LogP contribution >= 0.6 is 0 Å². The van der Waals surface area contributed by atoms with E-state index in [2.05, 4.69) is 67.7 Å². The smallest absolute Gasteiger partial charge is 0.245 e. The molecule has 0 amide bonds. The average molecular weight is 491 g/mol. The Kier molecular flexibility index (Phi) is 7.22. The molecule has 1 aromatic carbocycles. The molecule has 0 radical (unpaired) electrons. The Morgan fingerprint density at radius 2 is 1.94 bits per heavy atom. The summed E-state index contributed by atoms with van der Waals surface area (Å²) < 4.78 is 19.5. The second-order valence-electron chi connectivity index (χ2n) is 9.17. The third kappa shape index (κ3) is 5.71. The minimum atomic E-state index is -0.466. The topological polar surface area (TPSA) is 90.8 Å². The highest BCUT2D eigenvalue weighted by atomic mass is 19.1. The lowest BCUT2D eigenvalue weighted by molar-refractivity contribution is 0.122. The van der Waals surface area contributed by atoms with Crippen LogP contribution in [0.15, 0.2) is 47.8 Å². The summed E-state index contributed by atoms with van der Waals surface area (Å²) in [5.74, 6) is -0.0000877. The fourth-order valence-electron chi connectivity index (χ4n) is 4.61. The molecule has 9 nitrogen and oxygen atoms in total. The first-order valence-electron chi connectivity index (χ1n) is 12.3. The first-order valence-corrected chi connectivity index (χ1v) is 12.3.